The molecule has 0 aliphatic heterocycles. The van der Waals surface area contributed by atoms with Crippen LogP contribution in [0.15, 0.2) is 24.3 Å². The van der Waals surface area contributed by atoms with Crippen molar-refractivity contribution in [1.29, 1.82) is 0 Å². The van der Waals surface area contributed by atoms with Gasteiger partial charge < -0.3 is 40.9 Å². The summed E-state index contributed by atoms with van der Waals surface area (Å²) in [5.74, 6) is -1.87. The van der Waals surface area contributed by atoms with E-state index in [-0.39, 0.29) is 50.8 Å². The second kappa shape index (κ2) is 20.5. The van der Waals surface area contributed by atoms with E-state index in [2.05, 4.69) is 13.2 Å². The zero-order valence-electron chi connectivity index (χ0n) is 18.5. The molecule has 0 aromatic carbocycles. The van der Waals surface area contributed by atoms with Crippen LogP contribution in [0, 0.1) is 10.8 Å². The monoisotopic (exact) mass is 440 g/mol. The van der Waals surface area contributed by atoms with Crippen molar-refractivity contribution in [3.05, 3.63) is 24.3 Å². The van der Waals surface area contributed by atoms with Gasteiger partial charge in [-0.25, -0.2) is 9.59 Å². The van der Waals surface area contributed by atoms with Crippen LogP contribution in [0.4, 0.5) is 0 Å². The van der Waals surface area contributed by atoms with Crippen molar-refractivity contribution in [1.82, 2.24) is 0 Å². The number of carbonyl (C=O) groups is 2. The van der Waals surface area contributed by atoms with Gasteiger partial charge in [0.05, 0.1) is 39.6 Å². The maximum Gasteiger partial charge on any atom is 0.330 e. The molecule has 8 N–H and O–H groups in total. The van der Waals surface area contributed by atoms with Crippen molar-refractivity contribution < 1.29 is 50.4 Å². The van der Waals surface area contributed by atoms with Gasteiger partial charge in [0.15, 0.2) is 0 Å². The van der Waals surface area contributed by atoms with E-state index in [1.807, 2.05) is 13.8 Å². The molecule has 0 aromatic rings. The first-order chi connectivity index (χ1) is 13.8. The highest BCUT2D eigenvalue weighted by Crippen LogP contribution is 2.18. The minimum Gasteiger partial charge on any atom is -0.478 e. The third kappa shape index (κ3) is 18.2. The van der Waals surface area contributed by atoms with Crippen LogP contribution in [-0.2, 0) is 9.59 Å². The fourth-order valence-electron chi connectivity index (χ4n) is 0.971. The van der Waals surface area contributed by atoms with Crippen molar-refractivity contribution in [2.45, 2.75) is 40.5 Å². The molecule has 0 aliphatic rings. The highest BCUT2D eigenvalue weighted by Gasteiger charge is 2.25. The van der Waals surface area contributed by atoms with Crippen LogP contribution >= 0.6 is 0 Å². The summed E-state index contributed by atoms with van der Waals surface area (Å²) < 4.78 is 0. The molecule has 30 heavy (non-hydrogen) atoms. The van der Waals surface area contributed by atoms with E-state index in [0.29, 0.717) is 12.8 Å². The molecule has 0 bridgehead atoms. The molecular formula is C20H40O10. The number of carboxylic acids is 2. The number of aliphatic hydroxyl groups excluding tert-OH is 6. The molecule has 0 fully saturated rings. The van der Waals surface area contributed by atoms with E-state index < -0.39 is 22.8 Å². The van der Waals surface area contributed by atoms with E-state index in [1.54, 1.807) is 0 Å². The van der Waals surface area contributed by atoms with Gasteiger partial charge in [-0.2, -0.15) is 0 Å². The first-order valence-corrected chi connectivity index (χ1v) is 9.20. The van der Waals surface area contributed by atoms with Crippen LogP contribution < -0.4 is 0 Å². The first-order valence-electron chi connectivity index (χ1n) is 9.20. The van der Waals surface area contributed by atoms with E-state index in [4.69, 9.17) is 40.9 Å². The maximum absolute atomic E-state index is 9.60. The Morgan fingerprint density at radius 3 is 0.733 bits per heavy atom. The first kappa shape index (κ1) is 35.6. The molecule has 0 radical (unpaired) electrons. The Morgan fingerprint density at radius 1 is 0.600 bits per heavy atom. The molecule has 0 amide bonds. The lowest BCUT2D eigenvalue weighted by atomic mass is 9.88. The standard InChI is InChI=1S/2C6H14O3.2C4H6O2/c2*1-2-6(3-7,4-8)5-9;2*1-3(2)4(5)6/h2*7-9H,2-5H2,1H3;2*1H2,2H3,(H,5,6). The van der Waals surface area contributed by atoms with Gasteiger partial charge in [0.25, 0.3) is 0 Å². The van der Waals surface area contributed by atoms with Crippen LogP contribution in [0.1, 0.15) is 40.5 Å². The number of rotatable bonds is 10. The third-order valence-electron chi connectivity index (χ3n) is 4.24. The van der Waals surface area contributed by atoms with Gasteiger partial charge in [0.1, 0.15) is 0 Å². The van der Waals surface area contributed by atoms with Crippen molar-refractivity contribution in [3.8, 4) is 0 Å². The summed E-state index contributed by atoms with van der Waals surface area (Å²) in [7, 11) is 0. The average molecular weight is 441 g/mol. The van der Waals surface area contributed by atoms with Gasteiger partial charge in [0, 0.05) is 22.0 Å². The molecular weight excluding hydrogens is 400 g/mol. The second-order valence-electron chi connectivity index (χ2n) is 6.83. The number of aliphatic carboxylic acids is 2. The lowest BCUT2D eigenvalue weighted by Crippen LogP contribution is -2.32. The highest BCUT2D eigenvalue weighted by atomic mass is 16.4. The maximum atomic E-state index is 9.60. The molecule has 0 heterocycles. The predicted octanol–water partition coefficient (Wildman–Crippen LogP) is 0.0136. The molecule has 0 atom stereocenters. The summed E-state index contributed by atoms with van der Waals surface area (Å²) in [5.41, 5.74) is -0.981. The zero-order valence-corrected chi connectivity index (χ0v) is 18.5. The van der Waals surface area contributed by atoms with E-state index in [9.17, 15) is 9.59 Å². The van der Waals surface area contributed by atoms with Crippen LogP contribution in [0.25, 0.3) is 0 Å². The Balaban J connectivity index is -0.000000153. The fraction of sp³-hybridized carbons (Fsp3) is 0.700. The number of carboxylic acid groups (broad SMARTS) is 2. The van der Waals surface area contributed by atoms with Crippen molar-refractivity contribution >= 4 is 11.9 Å². The number of hydrogen-bond acceptors (Lipinski definition) is 8. The topological polar surface area (TPSA) is 196 Å². The molecule has 0 aromatic heterocycles. The average Bonchev–Trinajstić information content (AvgIpc) is 2.73. The molecule has 0 saturated carbocycles. The quantitative estimate of drug-likeness (QED) is 0.214. The van der Waals surface area contributed by atoms with E-state index in [0.717, 1.165) is 0 Å². The Hall–Kier alpha value is -1.82. The van der Waals surface area contributed by atoms with Crippen molar-refractivity contribution in [2.75, 3.05) is 39.6 Å². The molecule has 0 spiro atoms. The minimum absolute atomic E-state index is 0.156. The number of hydrogen-bond donors (Lipinski definition) is 8. The Morgan fingerprint density at radius 2 is 0.733 bits per heavy atom. The van der Waals surface area contributed by atoms with Gasteiger partial charge >= 0.3 is 11.9 Å². The summed E-state index contributed by atoms with van der Waals surface area (Å²) in [5, 5.41) is 67.7. The SMILES string of the molecule is C=C(C)C(=O)O.C=C(C)C(=O)O.CCC(CO)(CO)CO.CCC(CO)(CO)CO. The van der Waals surface area contributed by atoms with Gasteiger partial charge in [-0.05, 0) is 26.7 Å². The zero-order chi connectivity index (χ0) is 25.0. The fourth-order valence-corrected chi connectivity index (χ4v) is 0.971. The molecule has 0 saturated heterocycles. The molecule has 0 unspecified atom stereocenters. The van der Waals surface area contributed by atoms with E-state index >= 15 is 0 Å². The van der Waals surface area contributed by atoms with Crippen molar-refractivity contribution in [2.24, 2.45) is 10.8 Å². The van der Waals surface area contributed by atoms with Crippen LogP contribution in [-0.4, -0.2) is 92.4 Å². The van der Waals surface area contributed by atoms with Gasteiger partial charge in [-0.1, -0.05) is 27.0 Å². The van der Waals surface area contributed by atoms with Crippen molar-refractivity contribution in [3.63, 3.8) is 0 Å². The Kier molecular flexibility index (Phi) is 24.3. The highest BCUT2D eigenvalue weighted by molar-refractivity contribution is 5.85. The van der Waals surface area contributed by atoms with Gasteiger partial charge in [-0.3, -0.25) is 0 Å². The molecule has 180 valence electrons. The molecule has 0 aliphatic carbocycles. The summed E-state index contributed by atoms with van der Waals surface area (Å²) in [6, 6.07) is 0. The van der Waals surface area contributed by atoms with Gasteiger partial charge in [0.2, 0.25) is 0 Å². The smallest absolute Gasteiger partial charge is 0.330 e. The Bertz CT molecular complexity index is 377. The van der Waals surface area contributed by atoms with E-state index in [1.165, 1.54) is 13.8 Å². The molecule has 10 heteroatoms. The summed E-state index contributed by atoms with van der Waals surface area (Å²) >= 11 is 0. The normalized spacial score (nSPS) is 10.2. The van der Waals surface area contributed by atoms with Crippen LogP contribution in [0.5, 0.6) is 0 Å². The number of aliphatic hydroxyl groups is 6. The lowest BCUT2D eigenvalue weighted by Gasteiger charge is -2.24. The predicted molar refractivity (Wildman–Crippen MR) is 113 cm³/mol. The summed E-state index contributed by atoms with van der Waals surface area (Å²) in [6.45, 7) is 11.9. The molecule has 10 nitrogen and oxygen atoms in total. The summed E-state index contributed by atoms with van der Waals surface area (Å²) in [6.07, 6.45) is 1.19. The Labute approximate surface area is 178 Å². The molecule has 0 rings (SSSR count). The minimum atomic E-state index is -0.935. The summed E-state index contributed by atoms with van der Waals surface area (Å²) in [4.78, 5) is 19.2. The third-order valence-corrected chi connectivity index (χ3v) is 4.24. The van der Waals surface area contributed by atoms with Crippen LogP contribution in [0.3, 0.4) is 0 Å². The van der Waals surface area contributed by atoms with Gasteiger partial charge in [-0.15, -0.1) is 0 Å². The van der Waals surface area contributed by atoms with Crippen LogP contribution in [0.2, 0.25) is 0 Å². The second-order valence-corrected chi connectivity index (χ2v) is 6.83. The largest absolute Gasteiger partial charge is 0.478 e. The lowest BCUT2D eigenvalue weighted by molar-refractivity contribution is -0.133.